The fraction of sp³-hybridized carbons (Fsp3) is 0.513. The summed E-state index contributed by atoms with van der Waals surface area (Å²) in [6.07, 6.45) is 5.88. The van der Waals surface area contributed by atoms with Crippen LogP contribution in [-0.2, 0) is 14.3 Å². The maximum Gasteiger partial charge on any atom is 0.344 e. The van der Waals surface area contributed by atoms with Crippen LogP contribution in [0.4, 0.5) is 17.1 Å². The lowest BCUT2D eigenvalue weighted by atomic mass is 9.98. The number of amides is 1. The predicted molar refractivity (Wildman–Crippen MR) is 202 cm³/mol. The van der Waals surface area contributed by atoms with Gasteiger partial charge in [-0.25, -0.2) is 14.8 Å². The Morgan fingerprint density at radius 3 is 2.38 bits per heavy atom. The number of carbonyl (C=O) groups is 2. The largest absolute Gasteiger partial charge is 0.496 e. The first-order valence-corrected chi connectivity index (χ1v) is 18.0. The highest BCUT2D eigenvalue weighted by Gasteiger charge is 2.38. The van der Waals surface area contributed by atoms with Crippen LogP contribution in [0.1, 0.15) is 98.4 Å². The molecule has 270 valence electrons. The van der Waals surface area contributed by atoms with E-state index in [0.29, 0.717) is 40.2 Å². The van der Waals surface area contributed by atoms with E-state index in [0.717, 1.165) is 68.6 Å². The molecule has 3 aromatic rings. The quantitative estimate of drug-likeness (QED) is 0.146. The summed E-state index contributed by atoms with van der Waals surface area (Å²) >= 11 is 0. The SMILES string of the molecule is CCCCC(CC)C(=O)Nc1ccc(OC)c(-c2nc3n(n2)C(=Nc2ccc(N(CC)CCCC)cc2C)C(NC)=C3C(=O)OC(C)(C)C)c1. The van der Waals surface area contributed by atoms with E-state index in [-0.39, 0.29) is 17.4 Å². The molecule has 1 unspecified atom stereocenters. The third-order valence-electron chi connectivity index (χ3n) is 8.77. The first kappa shape index (κ1) is 38.1. The zero-order valence-corrected chi connectivity index (χ0v) is 31.6. The Morgan fingerprint density at radius 1 is 1.04 bits per heavy atom. The standard InChI is InChI=1S/C39H55N7O4/c1-11-15-17-26(13-3)37(47)41-27-18-21-31(49-10)29(24-27)34-43-35-32(38(48)50-39(6,7)8)33(40-9)36(46(35)44-34)42-30-20-19-28(23-25(30)5)45(14-4)22-16-12-2/h18-21,23-24,26,40H,11-17,22H2,1-10H3,(H,41,47). The number of ether oxygens (including phenoxy) is 2. The number of unbranched alkanes of at least 4 members (excludes halogenated alkanes) is 2. The number of carbonyl (C=O) groups excluding carboxylic acids is 2. The van der Waals surface area contributed by atoms with E-state index in [1.807, 2.05) is 52.8 Å². The third-order valence-corrected chi connectivity index (χ3v) is 8.77. The average molecular weight is 686 g/mol. The number of aryl methyl sites for hydroxylation is 1. The van der Waals surface area contributed by atoms with E-state index >= 15 is 0 Å². The summed E-state index contributed by atoms with van der Waals surface area (Å²) in [7, 11) is 3.32. The molecule has 1 aromatic heterocycles. The third kappa shape index (κ3) is 8.73. The molecule has 1 aliphatic rings. The molecule has 4 rings (SSSR count). The van der Waals surface area contributed by atoms with Crippen molar-refractivity contribution in [2.45, 2.75) is 99.5 Å². The molecule has 0 spiro atoms. The van der Waals surface area contributed by atoms with Gasteiger partial charge in [-0.15, -0.1) is 5.10 Å². The number of benzene rings is 2. The number of allylic oxidation sites excluding steroid dienone is 1. The van der Waals surface area contributed by atoms with Crippen LogP contribution in [0.25, 0.3) is 17.0 Å². The molecule has 0 saturated heterocycles. The van der Waals surface area contributed by atoms with Gasteiger partial charge in [0.05, 0.1) is 24.1 Å². The molecular formula is C39H55N7O4. The summed E-state index contributed by atoms with van der Waals surface area (Å²) in [6, 6.07) is 11.6. The number of nitrogens with zero attached hydrogens (tertiary/aromatic N) is 5. The lowest BCUT2D eigenvalue weighted by Gasteiger charge is -2.23. The molecule has 0 saturated carbocycles. The number of hydrogen-bond acceptors (Lipinski definition) is 9. The molecule has 2 aromatic carbocycles. The van der Waals surface area contributed by atoms with Gasteiger partial charge in [0, 0.05) is 37.4 Å². The van der Waals surface area contributed by atoms with Crippen LogP contribution in [0.15, 0.2) is 47.1 Å². The summed E-state index contributed by atoms with van der Waals surface area (Å²) in [5.41, 5.74) is 4.01. The van der Waals surface area contributed by atoms with Gasteiger partial charge in [-0.3, -0.25) is 4.79 Å². The van der Waals surface area contributed by atoms with Gasteiger partial charge < -0.3 is 25.0 Å². The normalized spacial score (nSPS) is 14.1. The Hall–Kier alpha value is -4.67. The van der Waals surface area contributed by atoms with E-state index in [1.54, 1.807) is 24.9 Å². The van der Waals surface area contributed by atoms with Crippen molar-refractivity contribution in [2.24, 2.45) is 10.9 Å². The first-order chi connectivity index (χ1) is 23.9. The van der Waals surface area contributed by atoms with E-state index in [1.165, 1.54) is 0 Å². The smallest absolute Gasteiger partial charge is 0.344 e. The molecule has 1 atom stereocenters. The average Bonchev–Trinajstić information content (AvgIpc) is 3.63. The maximum absolute atomic E-state index is 13.8. The summed E-state index contributed by atoms with van der Waals surface area (Å²) in [5.74, 6) is 0.918. The van der Waals surface area contributed by atoms with Crippen molar-refractivity contribution >= 4 is 40.3 Å². The highest BCUT2D eigenvalue weighted by Crippen LogP contribution is 2.36. The lowest BCUT2D eigenvalue weighted by Crippen LogP contribution is -2.26. The second-order valence-electron chi connectivity index (χ2n) is 13.7. The number of likely N-dealkylation sites (N-methyl/N-ethyl adjacent to an activating group) is 1. The van der Waals surface area contributed by atoms with Gasteiger partial charge in [0.25, 0.3) is 0 Å². The number of hydrogen-bond donors (Lipinski definition) is 2. The fourth-order valence-electron chi connectivity index (χ4n) is 6.00. The van der Waals surface area contributed by atoms with Gasteiger partial charge in [-0.05, 0) is 95.8 Å². The monoisotopic (exact) mass is 685 g/mol. The van der Waals surface area contributed by atoms with Crippen molar-refractivity contribution in [2.75, 3.05) is 37.5 Å². The van der Waals surface area contributed by atoms with Crippen molar-refractivity contribution in [3.63, 3.8) is 0 Å². The van der Waals surface area contributed by atoms with Crippen LogP contribution in [0.5, 0.6) is 5.75 Å². The second kappa shape index (κ2) is 16.8. The van der Waals surface area contributed by atoms with Crippen molar-refractivity contribution in [1.29, 1.82) is 0 Å². The number of esters is 1. The van der Waals surface area contributed by atoms with Gasteiger partial charge in [0.1, 0.15) is 16.9 Å². The molecule has 50 heavy (non-hydrogen) atoms. The Kier molecular flexibility index (Phi) is 12.8. The minimum Gasteiger partial charge on any atom is -0.496 e. The van der Waals surface area contributed by atoms with Gasteiger partial charge in [-0.2, -0.15) is 4.68 Å². The van der Waals surface area contributed by atoms with Crippen LogP contribution in [0.3, 0.4) is 0 Å². The van der Waals surface area contributed by atoms with Crippen molar-refractivity contribution in [3.8, 4) is 17.1 Å². The van der Waals surface area contributed by atoms with Crippen molar-refractivity contribution < 1.29 is 19.1 Å². The topological polar surface area (TPSA) is 123 Å². The van der Waals surface area contributed by atoms with E-state index in [2.05, 4.69) is 48.4 Å². The molecule has 11 nitrogen and oxygen atoms in total. The Labute approximate surface area is 297 Å². The van der Waals surface area contributed by atoms with Gasteiger partial charge >= 0.3 is 5.97 Å². The number of nitrogens with one attached hydrogen (secondary N) is 2. The number of anilines is 2. The Balaban J connectivity index is 1.83. The van der Waals surface area contributed by atoms with Gasteiger partial charge in [0.2, 0.25) is 5.91 Å². The van der Waals surface area contributed by atoms with E-state index in [4.69, 9.17) is 24.5 Å². The Morgan fingerprint density at radius 2 is 1.78 bits per heavy atom. The Bertz CT molecular complexity index is 1730. The summed E-state index contributed by atoms with van der Waals surface area (Å²) in [5, 5.41) is 11.1. The lowest BCUT2D eigenvalue weighted by molar-refractivity contribution is -0.147. The second-order valence-corrected chi connectivity index (χ2v) is 13.7. The highest BCUT2D eigenvalue weighted by molar-refractivity contribution is 6.28. The number of rotatable bonds is 16. The fourth-order valence-corrected chi connectivity index (χ4v) is 6.00. The molecule has 0 radical (unpaired) electrons. The van der Waals surface area contributed by atoms with Crippen LogP contribution in [0.2, 0.25) is 0 Å². The highest BCUT2D eigenvalue weighted by atomic mass is 16.6. The van der Waals surface area contributed by atoms with Crippen LogP contribution >= 0.6 is 0 Å². The molecular weight excluding hydrogens is 630 g/mol. The van der Waals surface area contributed by atoms with E-state index in [9.17, 15) is 9.59 Å². The molecule has 0 fully saturated rings. The zero-order valence-electron chi connectivity index (χ0n) is 31.6. The number of methoxy groups -OCH3 is 1. The minimum absolute atomic E-state index is 0.0191. The number of aromatic nitrogens is 3. The molecule has 2 N–H and O–H groups in total. The molecule has 1 aliphatic heterocycles. The predicted octanol–water partition coefficient (Wildman–Crippen LogP) is 7.91. The molecule has 0 bridgehead atoms. The summed E-state index contributed by atoms with van der Waals surface area (Å²) in [4.78, 5) is 39.3. The maximum atomic E-state index is 13.8. The molecule has 0 aliphatic carbocycles. The van der Waals surface area contributed by atoms with Crippen LogP contribution in [0, 0.1) is 12.8 Å². The van der Waals surface area contributed by atoms with E-state index < -0.39 is 11.6 Å². The van der Waals surface area contributed by atoms with Crippen LogP contribution < -0.4 is 20.3 Å². The number of fused-ring (bicyclic) bond motifs is 1. The van der Waals surface area contributed by atoms with Gasteiger partial charge in [-0.1, -0.05) is 40.0 Å². The molecule has 1 amide bonds. The van der Waals surface area contributed by atoms with Crippen molar-refractivity contribution in [1.82, 2.24) is 20.1 Å². The minimum atomic E-state index is -0.741. The first-order valence-electron chi connectivity index (χ1n) is 18.0. The van der Waals surface area contributed by atoms with Crippen LogP contribution in [-0.4, -0.2) is 65.3 Å². The zero-order chi connectivity index (χ0) is 36.6. The summed E-state index contributed by atoms with van der Waals surface area (Å²) < 4.78 is 13.1. The molecule has 2 heterocycles. The van der Waals surface area contributed by atoms with Gasteiger partial charge in [0.15, 0.2) is 17.5 Å². The molecule has 11 heteroatoms. The number of aliphatic imine (C=N–C) groups is 1. The summed E-state index contributed by atoms with van der Waals surface area (Å²) in [6.45, 7) is 17.9. The van der Waals surface area contributed by atoms with Crippen molar-refractivity contribution in [3.05, 3.63) is 53.5 Å².